The summed E-state index contributed by atoms with van der Waals surface area (Å²) in [6.07, 6.45) is 2.24. The van der Waals surface area contributed by atoms with Crippen LogP contribution in [0.5, 0.6) is 0 Å². The normalized spacial score (nSPS) is 13.7. The van der Waals surface area contributed by atoms with Crippen molar-refractivity contribution in [3.8, 4) is 0 Å². The minimum absolute atomic E-state index is 0.0290. The number of rotatable bonds is 6. The van der Waals surface area contributed by atoms with Gasteiger partial charge in [-0.1, -0.05) is 18.2 Å². The lowest BCUT2D eigenvalue weighted by Gasteiger charge is -2.24. The zero-order chi connectivity index (χ0) is 15.3. The number of benzene rings is 1. The largest absolute Gasteiger partial charge is 0.396 e. The number of nitrogens with one attached hydrogen (secondary N) is 1. The summed E-state index contributed by atoms with van der Waals surface area (Å²) in [6.45, 7) is 1.76. The maximum atomic E-state index is 10.3. The summed E-state index contributed by atoms with van der Waals surface area (Å²) in [5.41, 5.74) is 6.25. The number of aromatic nitrogens is 2. The van der Waals surface area contributed by atoms with E-state index in [2.05, 4.69) is 15.3 Å². The standard InChI is InChI=1S/C15H20N4O2/c1-11-10-17-14(18-12-6-3-2-4-7-12)19-13(11)15(16,21)8-5-9-20/h2-4,6-7,10,20-21H,5,8-9,16H2,1H3,(H,17,18,19). The van der Waals surface area contributed by atoms with Crippen molar-refractivity contribution in [3.63, 3.8) is 0 Å². The predicted molar refractivity (Wildman–Crippen MR) is 80.9 cm³/mol. The van der Waals surface area contributed by atoms with Gasteiger partial charge in [-0.25, -0.2) is 9.97 Å². The highest BCUT2D eigenvalue weighted by molar-refractivity contribution is 5.53. The van der Waals surface area contributed by atoms with E-state index in [-0.39, 0.29) is 13.0 Å². The molecule has 1 atom stereocenters. The van der Waals surface area contributed by atoms with Gasteiger partial charge in [0.15, 0.2) is 5.72 Å². The average Bonchev–Trinajstić information content (AvgIpc) is 2.48. The lowest BCUT2D eigenvalue weighted by atomic mass is 10.0. The van der Waals surface area contributed by atoms with Crippen LogP contribution in [0.2, 0.25) is 0 Å². The van der Waals surface area contributed by atoms with Gasteiger partial charge in [0, 0.05) is 18.5 Å². The second-order valence-corrected chi connectivity index (χ2v) is 4.97. The van der Waals surface area contributed by atoms with Crippen molar-refractivity contribution >= 4 is 11.6 Å². The highest BCUT2D eigenvalue weighted by atomic mass is 16.3. The summed E-state index contributed by atoms with van der Waals surface area (Å²) in [7, 11) is 0. The van der Waals surface area contributed by atoms with Gasteiger partial charge in [-0.05, 0) is 37.5 Å². The van der Waals surface area contributed by atoms with Gasteiger partial charge < -0.3 is 15.5 Å². The van der Waals surface area contributed by atoms with Crippen LogP contribution in [0.25, 0.3) is 0 Å². The number of aliphatic hydroxyl groups excluding tert-OH is 1. The molecule has 0 bridgehead atoms. The first-order valence-corrected chi connectivity index (χ1v) is 6.81. The second-order valence-electron chi connectivity index (χ2n) is 4.97. The molecule has 0 aliphatic rings. The summed E-state index contributed by atoms with van der Waals surface area (Å²) in [4.78, 5) is 8.50. The monoisotopic (exact) mass is 288 g/mol. The van der Waals surface area contributed by atoms with Crippen LogP contribution in [-0.2, 0) is 5.72 Å². The number of hydrogen-bond donors (Lipinski definition) is 4. The molecule has 0 fully saturated rings. The molecule has 5 N–H and O–H groups in total. The molecule has 6 heteroatoms. The van der Waals surface area contributed by atoms with E-state index in [1.165, 1.54) is 0 Å². The summed E-state index contributed by atoms with van der Waals surface area (Å²) in [6, 6.07) is 9.50. The third kappa shape index (κ3) is 3.98. The first-order valence-electron chi connectivity index (χ1n) is 6.81. The molecule has 0 aliphatic heterocycles. The molecule has 1 aromatic heterocycles. The number of aryl methyl sites for hydroxylation is 1. The second kappa shape index (κ2) is 6.62. The van der Waals surface area contributed by atoms with Crippen LogP contribution in [0.4, 0.5) is 11.6 Å². The highest BCUT2D eigenvalue weighted by Crippen LogP contribution is 2.23. The molecule has 2 aromatic rings. The number of nitrogens with zero attached hydrogens (tertiary/aromatic N) is 2. The van der Waals surface area contributed by atoms with Crippen molar-refractivity contribution < 1.29 is 10.2 Å². The van der Waals surface area contributed by atoms with Crippen molar-refractivity contribution in [2.45, 2.75) is 25.5 Å². The zero-order valence-corrected chi connectivity index (χ0v) is 12.0. The molecule has 6 nitrogen and oxygen atoms in total. The molecule has 21 heavy (non-hydrogen) atoms. The third-order valence-electron chi connectivity index (χ3n) is 3.13. The van der Waals surface area contributed by atoms with Gasteiger partial charge in [-0.2, -0.15) is 0 Å². The molecule has 0 saturated heterocycles. The Morgan fingerprint density at radius 2 is 2.00 bits per heavy atom. The fourth-order valence-corrected chi connectivity index (χ4v) is 2.06. The van der Waals surface area contributed by atoms with Crippen molar-refractivity contribution in [3.05, 3.63) is 47.8 Å². The van der Waals surface area contributed by atoms with E-state index in [1.54, 1.807) is 13.1 Å². The number of anilines is 2. The zero-order valence-electron chi connectivity index (χ0n) is 12.0. The Bertz CT molecular complexity index is 587. The van der Waals surface area contributed by atoms with Crippen molar-refractivity contribution in [2.75, 3.05) is 11.9 Å². The van der Waals surface area contributed by atoms with Crippen molar-refractivity contribution in [1.82, 2.24) is 9.97 Å². The minimum Gasteiger partial charge on any atom is -0.396 e. The van der Waals surface area contributed by atoms with Gasteiger partial charge in [0.25, 0.3) is 0 Å². The summed E-state index contributed by atoms with van der Waals surface area (Å²) >= 11 is 0. The molecular formula is C15H20N4O2. The fourth-order valence-electron chi connectivity index (χ4n) is 2.06. The Morgan fingerprint density at radius 3 is 2.67 bits per heavy atom. The Morgan fingerprint density at radius 1 is 1.29 bits per heavy atom. The van der Waals surface area contributed by atoms with Crippen LogP contribution in [0.1, 0.15) is 24.1 Å². The molecule has 0 saturated carbocycles. The van der Waals surface area contributed by atoms with E-state index in [4.69, 9.17) is 10.8 Å². The first-order chi connectivity index (χ1) is 10.0. The fraction of sp³-hybridized carbons (Fsp3) is 0.333. The number of hydrogen-bond acceptors (Lipinski definition) is 6. The van der Waals surface area contributed by atoms with Crippen LogP contribution in [-0.4, -0.2) is 26.8 Å². The molecule has 1 heterocycles. The van der Waals surface area contributed by atoms with Crippen LogP contribution >= 0.6 is 0 Å². The molecule has 0 spiro atoms. The van der Waals surface area contributed by atoms with E-state index in [9.17, 15) is 5.11 Å². The van der Waals surface area contributed by atoms with Gasteiger partial charge in [-0.3, -0.25) is 5.73 Å². The average molecular weight is 288 g/mol. The first kappa shape index (κ1) is 15.4. The SMILES string of the molecule is Cc1cnc(Nc2ccccc2)nc1C(N)(O)CCCO. The summed E-state index contributed by atoms with van der Waals surface area (Å²) in [5, 5.41) is 22.3. The van der Waals surface area contributed by atoms with Crippen LogP contribution in [0.3, 0.4) is 0 Å². The Hall–Kier alpha value is -2.02. The van der Waals surface area contributed by atoms with Crippen LogP contribution in [0, 0.1) is 6.92 Å². The number of nitrogens with two attached hydrogens (primary N) is 1. The lowest BCUT2D eigenvalue weighted by Crippen LogP contribution is -2.38. The molecule has 1 unspecified atom stereocenters. The van der Waals surface area contributed by atoms with E-state index >= 15 is 0 Å². The molecule has 1 aromatic carbocycles. The van der Waals surface area contributed by atoms with Gasteiger partial charge in [0.2, 0.25) is 5.95 Å². The molecule has 0 radical (unpaired) electrons. The summed E-state index contributed by atoms with van der Waals surface area (Å²) in [5.74, 6) is 0.370. The van der Waals surface area contributed by atoms with Crippen LogP contribution < -0.4 is 11.1 Å². The lowest BCUT2D eigenvalue weighted by molar-refractivity contribution is 0.0225. The Kier molecular flexibility index (Phi) is 4.85. The number of aliphatic hydroxyl groups is 2. The van der Waals surface area contributed by atoms with Gasteiger partial charge >= 0.3 is 0 Å². The highest BCUT2D eigenvalue weighted by Gasteiger charge is 2.27. The minimum atomic E-state index is -1.58. The van der Waals surface area contributed by atoms with Crippen LogP contribution in [0.15, 0.2) is 36.5 Å². The molecule has 2 rings (SSSR count). The maximum absolute atomic E-state index is 10.3. The van der Waals surface area contributed by atoms with Gasteiger partial charge in [0.1, 0.15) is 0 Å². The quantitative estimate of drug-likeness (QED) is 0.599. The molecule has 0 amide bonds. The number of para-hydroxylation sites is 1. The topological polar surface area (TPSA) is 104 Å². The van der Waals surface area contributed by atoms with Crippen molar-refractivity contribution in [2.24, 2.45) is 5.73 Å². The predicted octanol–water partition coefficient (Wildman–Crippen LogP) is 1.40. The van der Waals surface area contributed by atoms with Crippen molar-refractivity contribution in [1.29, 1.82) is 0 Å². The van der Waals surface area contributed by atoms with E-state index in [1.807, 2.05) is 30.3 Å². The van der Waals surface area contributed by atoms with Gasteiger partial charge in [0.05, 0.1) is 5.69 Å². The Balaban J connectivity index is 2.25. The maximum Gasteiger partial charge on any atom is 0.227 e. The van der Waals surface area contributed by atoms with E-state index in [0.29, 0.717) is 23.6 Å². The van der Waals surface area contributed by atoms with E-state index in [0.717, 1.165) is 5.69 Å². The Labute approximate surface area is 123 Å². The molecule has 0 aliphatic carbocycles. The van der Waals surface area contributed by atoms with Gasteiger partial charge in [-0.15, -0.1) is 0 Å². The summed E-state index contributed by atoms with van der Waals surface area (Å²) < 4.78 is 0. The smallest absolute Gasteiger partial charge is 0.227 e. The third-order valence-corrected chi connectivity index (χ3v) is 3.13. The van der Waals surface area contributed by atoms with E-state index < -0.39 is 5.72 Å². The molecule has 112 valence electrons. The molecular weight excluding hydrogens is 268 g/mol.